The first kappa shape index (κ1) is 24.3. The predicted molar refractivity (Wildman–Crippen MR) is 134 cm³/mol. The summed E-state index contributed by atoms with van der Waals surface area (Å²) < 4.78 is 19.2. The molecule has 7 heteroatoms. The van der Waals surface area contributed by atoms with Crippen molar-refractivity contribution >= 4 is 34.8 Å². The third kappa shape index (κ3) is 5.82. The zero-order valence-electron chi connectivity index (χ0n) is 18.4. The van der Waals surface area contributed by atoms with Crippen LogP contribution in [-0.2, 0) is 13.1 Å². The van der Waals surface area contributed by atoms with Crippen LogP contribution >= 0.6 is 34.8 Å². The molecule has 0 amide bonds. The van der Waals surface area contributed by atoms with Crippen LogP contribution in [0.3, 0.4) is 0 Å². The van der Waals surface area contributed by atoms with Crippen molar-refractivity contribution in [2.75, 3.05) is 19.7 Å². The lowest BCUT2D eigenvalue weighted by atomic mass is 10.0. The fraction of sp³-hybridized carbons (Fsp3) is 0.308. The Bertz CT molecular complexity index is 1070. The highest BCUT2D eigenvalue weighted by Gasteiger charge is 2.33. The highest BCUT2D eigenvalue weighted by Crippen LogP contribution is 2.40. The number of halogens is 4. The summed E-state index contributed by atoms with van der Waals surface area (Å²) >= 11 is 19.7. The molecule has 0 N–H and O–H groups in total. The van der Waals surface area contributed by atoms with Crippen molar-refractivity contribution in [1.29, 1.82) is 0 Å². The summed E-state index contributed by atoms with van der Waals surface area (Å²) in [5, 5.41) is 1.67. The first-order valence-electron chi connectivity index (χ1n) is 11.0. The van der Waals surface area contributed by atoms with E-state index in [0.29, 0.717) is 28.2 Å². The molecule has 3 aromatic carbocycles. The van der Waals surface area contributed by atoms with Crippen LogP contribution in [0.2, 0.25) is 15.1 Å². The van der Waals surface area contributed by atoms with Gasteiger partial charge in [-0.05, 0) is 60.9 Å². The SMILES string of the molecule is CCOc1ccc(CN2CCCN(Cc3ccc(F)cc3Cl)[C@@H]2c2c(Cl)cccc2Cl)cc1. The van der Waals surface area contributed by atoms with E-state index in [-0.39, 0.29) is 12.0 Å². The number of hydrogen-bond donors (Lipinski definition) is 0. The maximum atomic E-state index is 13.6. The van der Waals surface area contributed by atoms with Crippen molar-refractivity contribution in [3.8, 4) is 5.75 Å². The van der Waals surface area contributed by atoms with Gasteiger partial charge in [0.25, 0.3) is 0 Å². The highest BCUT2D eigenvalue weighted by molar-refractivity contribution is 6.36. The number of ether oxygens (including phenoxy) is 1. The van der Waals surface area contributed by atoms with E-state index in [1.807, 2.05) is 37.3 Å². The van der Waals surface area contributed by atoms with E-state index in [9.17, 15) is 4.39 Å². The molecule has 1 saturated heterocycles. The Kier molecular flexibility index (Phi) is 8.15. The molecule has 0 aliphatic carbocycles. The van der Waals surface area contributed by atoms with Crippen molar-refractivity contribution in [2.24, 2.45) is 0 Å². The monoisotopic (exact) mass is 506 g/mol. The third-order valence-electron chi connectivity index (χ3n) is 5.85. The fourth-order valence-corrected chi connectivity index (χ4v) is 5.19. The fourth-order valence-electron chi connectivity index (χ4n) is 4.37. The van der Waals surface area contributed by atoms with Gasteiger partial charge in [0.2, 0.25) is 0 Å². The van der Waals surface area contributed by atoms with Gasteiger partial charge in [-0.25, -0.2) is 4.39 Å². The summed E-state index contributed by atoms with van der Waals surface area (Å²) in [5.41, 5.74) is 2.92. The standard InChI is InChI=1S/C26H26Cl3FN2O/c1-2-33-21-11-7-18(8-12-21)16-31-13-4-14-32(17-19-9-10-20(30)15-24(19)29)26(31)25-22(27)5-3-6-23(25)28/h3,5-12,15,26H,2,4,13-14,16-17H2,1H3/t26-/m1/s1. The molecule has 1 atom stereocenters. The molecule has 0 radical (unpaired) electrons. The first-order chi connectivity index (χ1) is 16.0. The van der Waals surface area contributed by atoms with E-state index < -0.39 is 0 Å². The minimum Gasteiger partial charge on any atom is -0.494 e. The van der Waals surface area contributed by atoms with Gasteiger partial charge in [0.1, 0.15) is 11.6 Å². The van der Waals surface area contributed by atoms with Crippen LogP contribution in [0.4, 0.5) is 4.39 Å². The van der Waals surface area contributed by atoms with Gasteiger partial charge in [0.05, 0.1) is 12.8 Å². The van der Waals surface area contributed by atoms with Gasteiger partial charge in [0.15, 0.2) is 0 Å². The molecule has 1 aliphatic heterocycles. The van der Waals surface area contributed by atoms with E-state index in [1.54, 1.807) is 6.07 Å². The Balaban J connectivity index is 1.67. The Labute approximate surface area is 209 Å². The van der Waals surface area contributed by atoms with Crippen LogP contribution in [0.25, 0.3) is 0 Å². The molecular formula is C26H26Cl3FN2O. The number of benzene rings is 3. The second-order valence-electron chi connectivity index (χ2n) is 8.12. The van der Waals surface area contributed by atoms with Crippen LogP contribution in [0.15, 0.2) is 60.7 Å². The first-order valence-corrected chi connectivity index (χ1v) is 12.2. The van der Waals surface area contributed by atoms with Gasteiger partial charge < -0.3 is 4.74 Å². The maximum absolute atomic E-state index is 13.6. The Morgan fingerprint density at radius 1 is 0.879 bits per heavy atom. The molecule has 0 unspecified atom stereocenters. The van der Waals surface area contributed by atoms with Crippen LogP contribution in [0.5, 0.6) is 5.75 Å². The van der Waals surface area contributed by atoms with Crippen molar-refractivity contribution in [3.05, 3.63) is 98.2 Å². The maximum Gasteiger partial charge on any atom is 0.124 e. The molecule has 0 bridgehead atoms. The molecule has 1 aliphatic rings. The van der Waals surface area contributed by atoms with Crippen LogP contribution in [-0.4, -0.2) is 29.5 Å². The van der Waals surface area contributed by atoms with E-state index in [1.165, 1.54) is 17.7 Å². The molecule has 33 heavy (non-hydrogen) atoms. The van der Waals surface area contributed by atoms with Gasteiger partial charge in [0, 0.05) is 46.8 Å². The number of rotatable bonds is 7. The van der Waals surface area contributed by atoms with Crippen molar-refractivity contribution in [1.82, 2.24) is 9.80 Å². The van der Waals surface area contributed by atoms with Gasteiger partial charge in [-0.15, -0.1) is 0 Å². The van der Waals surface area contributed by atoms with Crippen molar-refractivity contribution in [3.63, 3.8) is 0 Å². The average Bonchev–Trinajstić information content (AvgIpc) is 2.78. The van der Waals surface area contributed by atoms with Gasteiger partial charge in [-0.2, -0.15) is 0 Å². The van der Waals surface area contributed by atoms with E-state index >= 15 is 0 Å². The van der Waals surface area contributed by atoms with Crippen LogP contribution in [0.1, 0.15) is 36.2 Å². The number of nitrogens with zero attached hydrogens (tertiary/aromatic N) is 2. The molecule has 0 aromatic heterocycles. The highest BCUT2D eigenvalue weighted by atomic mass is 35.5. The lowest BCUT2D eigenvalue weighted by molar-refractivity contribution is -0.00897. The van der Waals surface area contributed by atoms with Crippen molar-refractivity contribution in [2.45, 2.75) is 32.6 Å². The molecule has 3 aromatic rings. The summed E-state index contributed by atoms with van der Waals surface area (Å²) in [6.45, 7) is 5.64. The number of hydrogen-bond acceptors (Lipinski definition) is 3. The van der Waals surface area contributed by atoms with Crippen LogP contribution < -0.4 is 4.74 Å². The Morgan fingerprint density at radius 2 is 1.55 bits per heavy atom. The lowest BCUT2D eigenvalue weighted by Gasteiger charge is -2.45. The minimum atomic E-state index is -0.342. The van der Waals surface area contributed by atoms with Gasteiger partial charge >= 0.3 is 0 Å². The predicted octanol–water partition coefficient (Wildman–Crippen LogP) is 7.59. The third-order valence-corrected chi connectivity index (χ3v) is 6.86. The summed E-state index contributed by atoms with van der Waals surface area (Å²) in [4.78, 5) is 4.69. The van der Waals surface area contributed by atoms with E-state index in [4.69, 9.17) is 39.5 Å². The normalized spacial score (nSPS) is 17.3. The molecule has 1 fully saturated rings. The van der Waals surface area contributed by atoms with Gasteiger partial charge in [-0.3, -0.25) is 9.80 Å². The molecule has 174 valence electrons. The largest absolute Gasteiger partial charge is 0.494 e. The summed E-state index contributed by atoms with van der Waals surface area (Å²) in [5.74, 6) is 0.517. The van der Waals surface area contributed by atoms with E-state index in [0.717, 1.165) is 42.9 Å². The zero-order valence-corrected chi connectivity index (χ0v) is 20.7. The van der Waals surface area contributed by atoms with Gasteiger partial charge in [-0.1, -0.05) is 59.1 Å². The second-order valence-corrected chi connectivity index (χ2v) is 9.34. The molecular weight excluding hydrogens is 482 g/mol. The summed E-state index contributed by atoms with van der Waals surface area (Å²) in [7, 11) is 0. The molecule has 1 heterocycles. The zero-order chi connectivity index (χ0) is 23.4. The molecule has 0 saturated carbocycles. The topological polar surface area (TPSA) is 15.7 Å². The smallest absolute Gasteiger partial charge is 0.124 e. The Hall–Kier alpha value is -1.82. The van der Waals surface area contributed by atoms with E-state index in [2.05, 4.69) is 21.9 Å². The minimum absolute atomic E-state index is 0.146. The average molecular weight is 508 g/mol. The quantitative estimate of drug-likeness (QED) is 0.327. The molecule has 0 spiro atoms. The van der Waals surface area contributed by atoms with Crippen LogP contribution in [0, 0.1) is 5.82 Å². The van der Waals surface area contributed by atoms with Crippen molar-refractivity contribution < 1.29 is 9.13 Å². The molecule has 4 rings (SSSR count). The summed E-state index contributed by atoms with van der Waals surface area (Å²) in [6, 6.07) is 18.3. The Morgan fingerprint density at radius 3 is 2.18 bits per heavy atom. The second kappa shape index (κ2) is 11.1. The molecule has 3 nitrogen and oxygen atoms in total. The summed E-state index contributed by atoms with van der Waals surface area (Å²) in [6.07, 6.45) is 0.835. The lowest BCUT2D eigenvalue weighted by Crippen LogP contribution is -2.47.